The van der Waals surface area contributed by atoms with Gasteiger partial charge in [0.25, 0.3) is 0 Å². The summed E-state index contributed by atoms with van der Waals surface area (Å²) in [6.45, 7) is 3.14. The van der Waals surface area contributed by atoms with E-state index in [1.807, 2.05) is 25.3 Å². The first kappa shape index (κ1) is 12.9. The van der Waals surface area contributed by atoms with Crippen LogP contribution in [0.3, 0.4) is 0 Å². The Balaban J connectivity index is 0.000000364. The normalized spacial score (nSPS) is 14.0. The average Bonchev–Trinajstić information content (AvgIpc) is 2.19. The van der Waals surface area contributed by atoms with Gasteiger partial charge in [0, 0.05) is 0 Å². The molecule has 3 nitrogen and oxygen atoms in total. The van der Waals surface area contributed by atoms with Crippen molar-refractivity contribution in [3.8, 4) is 0 Å². The minimum atomic E-state index is -0.752. The minimum Gasteiger partial charge on any atom is -0.481 e. The van der Waals surface area contributed by atoms with Crippen molar-refractivity contribution in [2.45, 2.75) is 26.2 Å². The van der Waals surface area contributed by atoms with Gasteiger partial charge >= 0.3 is 5.97 Å². The highest BCUT2D eigenvalue weighted by Gasteiger charge is 2.01. The zero-order chi connectivity index (χ0) is 10.8. The van der Waals surface area contributed by atoms with Crippen LogP contribution in [0.1, 0.15) is 26.2 Å². The van der Waals surface area contributed by atoms with E-state index in [9.17, 15) is 4.79 Å². The first-order chi connectivity index (χ1) is 6.70. The van der Waals surface area contributed by atoms with Crippen molar-refractivity contribution in [1.82, 2.24) is 5.32 Å². The highest BCUT2D eigenvalue weighted by molar-refractivity contribution is 5.71. The van der Waals surface area contributed by atoms with Gasteiger partial charge in [0.15, 0.2) is 0 Å². The second kappa shape index (κ2) is 8.51. The monoisotopic (exact) mass is 197 g/mol. The molecule has 0 aromatic heterocycles. The van der Waals surface area contributed by atoms with E-state index in [2.05, 4.69) is 12.2 Å². The van der Waals surface area contributed by atoms with Gasteiger partial charge in [-0.2, -0.15) is 0 Å². The van der Waals surface area contributed by atoms with Crippen molar-refractivity contribution < 1.29 is 9.90 Å². The van der Waals surface area contributed by atoms with Crippen LogP contribution in [0.5, 0.6) is 0 Å². The third-order valence-electron chi connectivity index (χ3n) is 1.78. The fourth-order valence-electron chi connectivity index (χ4n) is 0.973. The second-order valence-electron chi connectivity index (χ2n) is 3.04. The molecule has 0 saturated carbocycles. The molecular weight excluding hydrogens is 178 g/mol. The molecule has 0 heterocycles. The van der Waals surface area contributed by atoms with Crippen molar-refractivity contribution >= 4 is 5.97 Å². The molecule has 1 aliphatic carbocycles. The van der Waals surface area contributed by atoms with Crippen LogP contribution in [0.15, 0.2) is 23.8 Å². The third-order valence-corrected chi connectivity index (χ3v) is 1.78. The van der Waals surface area contributed by atoms with Crippen LogP contribution in [0.2, 0.25) is 0 Å². The summed E-state index contributed by atoms with van der Waals surface area (Å²) in [4.78, 5) is 10.2. The quantitative estimate of drug-likeness (QED) is 0.727. The molecular formula is C11H19NO2. The fourth-order valence-corrected chi connectivity index (χ4v) is 0.973. The number of carbonyl (C=O) groups is 1. The van der Waals surface area contributed by atoms with Gasteiger partial charge in [-0.3, -0.25) is 4.79 Å². The summed E-state index contributed by atoms with van der Waals surface area (Å²) in [5.74, 6) is -0.752. The lowest BCUT2D eigenvalue weighted by molar-refractivity contribution is -0.136. The van der Waals surface area contributed by atoms with E-state index >= 15 is 0 Å². The van der Waals surface area contributed by atoms with E-state index in [-0.39, 0.29) is 6.42 Å². The van der Waals surface area contributed by atoms with E-state index in [0.29, 0.717) is 0 Å². The average molecular weight is 197 g/mol. The maximum atomic E-state index is 10.2. The molecule has 1 aliphatic rings. The molecule has 0 atom stereocenters. The Bertz CT molecular complexity index is 217. The van der Waals surface area contributed by atoms with Gasteiger partial charge < -0.3 is 10.4 Å². The van der Waals surface area contributed by atoms with Gasteiger partial charge in [-0.1, -0.05) is 25.2 Å². The van der Waals surface area contributed by atoms with Gasteiger partial charge in [-0.25, -0.2) is 0 Å². The largest absolute Gasteiger partial charge is 0.481 e. The summed E-state index contributed by atoms with van der Waals surface area (Å²) < 4.78 is 0. The number of carboxylic acids is 1. The highest BCUT2D eigenvalue weighted by Crippen LogP contribution is 2.12. The number of hydrogen-bond acceptors (Lipinski definition) is 2. The molecule has 14 heavy (non-hydrogen) atoms. The lowest BCUT2D eigenvalue weighted by Gasteiger charge is -2.02. The molecule has 0 amide bonds. The highest BCUT2D eigenvalue weighted by atomic mass is 16.4. The molecule has 0 radical (unpaired) electrons. The van der Waals surface area contributed by atoms with Crippen LogP contribution >= 0.6 is 0 Å². The molecule has 1 rings (SSSR count). The van der Waals surface area contributed by atoms with E-state index in [4.69, 9.17) is 5.11 Å². The smallest absolute Gasteiger partial charge is 0.307 e. The fraction of sp³-hybridized carbons (Fsp3) is 0.545. The van der Waals surface area contributed by atoms with E-state index in [0.717, 1.165) is 25.0 Å². The standard InChI is InChI=1S/C8H10O2.C3H9N/c9-8(10)6-7-4-2-1-3-5-7;1-3-4-2/h2,4-5H,1,3,6H2,(H,9,10);4H,3H2,1-2H3. The molecule has 0 fully saturated rings. The molecule has 0 aromatic rings. The summed E-state index contributed by atoms with van der Waals surface area (Å²) in [5.41, 5.74) is 0.929. The Morgan fingerprint density at radius 2 is 2.21 bits per heavy atom. The molecule has 0 aliphatic heterocycles. The van der Waals surface area contributed by atoms with Gasteiger partial charge in [-0.15, -0.1) is 0 Å². The predicted molar refractivity (Wildman–Crippen MR) is 58.3 cm³/mol. The summed E-state index contributed by atoms with van der Waals surface area (Å²) in [7, 11) is 1.93. The number of aliphatic carboxylic acids is 1. The van der Waals surface area contributed by atoms with Crippen molar-refractivity contribution in [2.24, 2.45) is 0 Å². The maximum Gasteiger partial charge on any atom is 0.307 e. The molecule has 0 saturated heterocycles. The summed E-state index contributed by atoms with van der Waals surface area (Å²) in [5, 5.41) is 11.3. The van der Waals surface area contributed by atoms with Crippen molar-refractivity contribution in [3.05, 3.63) is 23.8 Å². The Hall–Kier alpha value is -1.09. The Morgan fingerprint density at radius 3 is 2.57 bits per heavy atom. The molecule has 2 N–H and O–H groups in total. The van der Waals surface area contributed by atoms with Crippen LogP contribution in [-0.2, 0) is 4.79 Å². The lowest BCUT2D eigenvalue weighted by Crippen LogP contribution is -2.01. The van der Waals surface area contributed by atoms with Crippen LogP contribution in [-0.4, -0.2) is 24.7 Å². The number of rotatable bonds is 3. The zero-order valence-electron chi connectivity index (χ0n) is 8.92. The number of nitrogens with one attached hydrogen (secondary N) is 1. The van der Waals surface area contributed by atoms with E-state index in [1.165, 1.54) is 0 Å². The van der Waals surface area contributed by atoms with Gasteiger partial charge in [-0.05, 0) is 32.0 Å². The zero-order valence-corrected chi connectivity index (χ0v) is 8.92. The summed E-state index contributed by atoms with van der Waals surface area (Å²) in [6, 6.07) is 0. The maximum absolute atomic E-state index is 10.2. The molecule has 3 heteroatoms. The SMILES string of the molecule is CCNC.O=C(O)CC1=CCCC=C1. The van der Waals surface area contributed by atoms with Crippen LogP contribution < -0.4 is 5.32 Å². The Labute approximate surface area is 85.5 Å². The number of allylic oxidation sites excluding steroid dienone is 3. The van der Waals surface area contributed by atoms with Gasteiger partial charge in [0.05, 0.1) is 6.42 Å². The molecule has 0 bridgehead atoms. The van der Waals surface area contributed by atoms with Crippen LogP contribution in [0.25, 0.3) is 0 Å². The number of hydrogen-bond donors (Lipinski definition) is 2. The summed E-state index contributed by atoms with van der Waals surface area (Å²) in [6.07, 6.45) is 8.07. The van der Waals surface area contributed by atoms with Crippen molar-refractivity contribution in [3.63, 3.8) is 0 Å². The Kier molecular flexibility index (Phi) is 7.84. The van der Waals surface area contributed by atoms with E-state index in [1.54, 1.807) is 0 Å². The molecule has 0 spiro atoms. The van der Waals surface area contributed by atoms with E-state index < -0.39 is 5.97 Å². The second-order valence-corrected chi connectivity index (χ2v) is 3.04. The minimum absolute atomic E-state index is 0.163. The lowest BCUT2D eigenvalue weighted by atomic mass is 10.0. The molecule has 80 valence electrons. The van der Waals surface area contributed by atoms with Gasteiger partial charge in [0.1, 0.15) is 0 Å². The number of carboxylic acid groups (broad SMARTS) is 1. The predicted octanol–water partition coefficient (Wildman–Crippen LogP) is 1.96. The molecule has 0 unspecified atom stereocenters. The van der Waals surface area contributed by atoms with Crippen molar-refractivity contribution in [2.75, 3.05) is 13.6 Å². The third kappa shape index (κ3) is 7.55. The first-order valence-corrected chi connectivity index (χ1v) is 4.92. The van der Waals surface area contributed by atoms with Crippen molar-refractivity contribution in [1.29, 1.82) is 0 Å². The molecule has 0 aromatic carbocycles. The Morgan fingerprint density at radius 1 is 1.57 bits per heavy atom. The summed E-state index contributed by atoms with van der Waals surface area (Å²) >= 11 is 0. The van der Waals surface area contributed by atoms with Gasteiger partial charge in [0.2, 0.25) is 0 Å². The van der Waals surface area contributed by atoms with Crippen LogP contribution in [0, 0.1) is 0 Å². The first-order valence-electron chi connectivity index (χ1n) is 4.92. The van der Waals surface area contributed by atoms with Crippen LogP contribution in [0.4, 0.5) is 0 Å². The topological polar surface area (TPSA) is 49.3 Å².